The molecule has 1 aliphatic heterocycles. The minimum Gasteiger partial charge on any atom is -0.309 e. The van der Waals surface area contributed by atoms with Gasteiger partial charge in [0.25, 0.3) is 5.91 Å². The molecule has 3 rings (SSSR count). The number of unbranched alkanes of at least 4 members (excludes halogenated alkanes) is 1. The number of benzene rings is 2. The van der Waals surface area contributed by atoms with E-state index in [2.05, 4.69) is 31.9 Å². The van der Waals surface area contributed by atoms with Crippen molar-refractivity contribution in [2.24, 2.45) is 0 Å². The maximum absolute atomic E-state index is 13.5. The van der Waals surface area contributed by atoms with Crippen molar-refractivity contribution in [2.45, 2.75) is 31.7 Å². The van der Waals surface area contributed by atoms with Gasteiger partial charge in [-0.15, -0.1) is 0 Å². The van der Waals surface area contributed by atoms with E-state index in [1.165, 1.54) is 4.90 Å². The number of rotatable bonds is 7. The molecule has 1 aliphatic rings. The molecule has 2 aromatic rings. The fraction of sp³-hybridized carbons (Fsp3) is 0.333. The van der Waals surface area contributed by atoms with Crippen LogP contribution in [0.3, 0.4) is 0 Å². The number of hydrogen-bond donors (Lipinski definition) is 0. The number of nitrogens with zero attached hydrogens (tertiary/aromatic N) is 2. The van der Waals surface area contributed by atoms with Crippen LogP contribution in [0, 0.1) is 0 Å². The van der Waals surface area contributed by atoms with Crippen LogP contribution < -0.4 is 4.90 Å². The van der Waals surface area contributed by atoms with E-state index in [0.717, 1.165) is 28.2 Å². The SMILES string of the molecule is CC1(Cc2ccc(Br)cc2)C(=O)N(c2cc(Cl)cc(Cl)c2)C(=O)N1CCCCBr. The Bertz CT molecular complexity index is 903. The summed E-state index contributed by atoms with van der Waals surface area (Å²) < 4.78 is 0.963. The fourth-order valence-electron chi connectivity index (χ4n) is 3.55. The second-order valence-electron chi connectivity index (χ2n) is 7.18. The first kappa shape index (κ1) is 22.6. The molecule has 0 aromatic heterocycles. The molecule has 1 heterocycles. The van der Waals surface area contributed by atoms with E-state index in [-0.39, 0.29) is 11.9 Å². The molecule has 29 heavy (non-hydrogen) atoms. The topological polar surface area (TPSA) is 40.6 Å². The van der Waals surface area contributed by atoms with E-state index in [4.69, 9.17) is 23.2 Å². The number of alkyl halides is 1. The normalized spacial score (nSPS) is 19.3. The summed E-state index contributed by atoms with van der Waals surface area (Å²) in [4.78, 5) is 29.7. The second-order valence-corrected chi connectivity index (χ2v) is 9.76. The van der Waals surface area contributed by atoms with E-state index in [1.807, 2.05) is 31.2 Å². The van der Waals surface area contributed by atoms with Crippen LogP contribution in [-0.4, -0.2) is 34.3 Å². The average Bonchev–Trinajstić information content (AvgIpc) is 2.83. The lowest BCUT2D eigenvalue weighted by Crippen LogP contribution is -2.49. The quantitative estimate of drug-likeness (QED) is 0.214. The first-order chi connectivity index (χ1) is 13.8. The van der Waals surface area contributed by atoms with Gasteiger partial charge in [0.2, 0.25) is 0 Å². The summed E-state index contributed by atoms with van der Waals surface area (Å²) in [6, 6.07) is 12.2. The Labute approximate surface area is 197 Å². The van der Waals surface area contributed by atoms with Gasteiger partial charge in [0, 0.05) is 32.8 Å². The third kappa shape index (κ3) is 4.82. The van der Waals surface area contributed by atoms with E-state index < -0.39 is 5.54 Å². The van der Waals surface area contributed by atoms with Gasteiger partial charge in [0.1, 0.15) is 5.54 Å². The fourth-order valence-corrected chi connectivity index (χ4v) is 4.72. The molecular formula is C21H20Br2Cl2N2O2. The van der Waals surface area contributed by atoms with Crippen LogP contribution in [0.5, 0.6) is 0 Å². The van der Waals surface area contributed by atoms with E-state index in [9.17, 15) is 9.59 Å². The van der Waals surface area contributed by atoms with Crippen molar-refractivity contribution in [3.8, 4) is 0 Å². The molecule has 1 unspecified atom stereocenters. The number of urea groups is 1. The Morgan fingerprint density at radius 2 is 1.62 bits per heavy atom. The first-order valence-corrected chi connectivity index (χ1v) is 11.9. The Hall–Kier alpha value is -1.08. The molecule has 8 heteroatoms. The molecule has 0 aliphatic carbocycles. The van der Waals surface area contributed by atoms with Gasteiger partial charge in [-0.2, -0.15) is 0 Å². The van der Waals surface area contributed by atoms with Crippen molar-refractivity contribution >= 4 is 72.7 Å². The van der Waals surface area contributed by atoms with Crippen molar-refractivity contribution in [2.75, 3.05) is 16.8 Å². The highest BCUT2D eigenvalue weighted by Crippen LogP contribution is 2.37. The number of halogens is 4. The first-order valence-electron chi connectivity index (χ1n) is 9.19. The second kappa shape index (κ2) is 9.38. The summed E-state index contributed by atoms with van der Waals surface area (Å²) in [5.41, 5.74) is 0.377. The molecule has 0 bridgehead atoms. The molecule has 4 nitrogen and oxygen atoms in total. The molecule has 0 radical (unpaired) electrons. The number of amides is 3. The van der Waals surface area contributed by atoms with Gasteiger partial charge < -0.3 is 4.90 Å². The highest BCUT2D eigenvalue weighted by atomic mass is 79.9. The lowest BCUT2D eigenvalue weighted by Gasteiger charge is -2.32. The molecule has 2 aromatic carbocycles. The standard InChI is InChI=1S/C21H20Br2Cl2N2O2/c1-21(13-14-4-6-15(23)7-5-14)19(28)27(18-11-16(24)10-17(25)12-18)20(29)26(21)9-3-2-8-22/h4-7,10-12H,2-3,8-9,13H2,1H3. The van der Waals surface area contributed by atoms with Crippen LogP contribution in [-0.2, 0) is 11.2 Å². The third-order valence-electron chi connectivity index (χ3n) is 5.01. The highest BCUT2D eigenvalue weighted by Gasteiger charge is 2.54. The predicted molar refractivity (Wildman–Crippen MR) is 125 cm³/mol. The lowest BCUT2D eigenvalue weighted by molar-refractivity contribution is -0.124. The smallest absolute Gasteiger partial charge is 0.309 e. The van der Waals surface area contributed by atoms with Gasteiger partial charge in [-0.25, -0.2) is 9.69 Å². The van der Waals surface area contributed by atoms with Crippen LogP contribution in [0.4, 0.5) is 10.5 Å². The molecule has 0 saturated carbocycles. The Kier molecular flexibility index (Phi) is 7.31. The number of hydrogen-bond acceptors (Lipinski definition) is 2. The van der Waals surface area contributed by atoms with E-state index in [0.29, 0.717) is 28.7 Å². The minimum atomic E-state index is -0.994. The summed E-state index contributed by atoms with van der Waals surface area (Å²) in [7, 11) is 0. The third-order valence-corrected chi connectivity index (χ3v) is 6.54. The minimum absolute atomic E-state index is 0.275. The Balaban J connectivity index is 1.99. The largest absolute Gasteiger partial charge is 0.332 e. The number of carbonyl (C=O) groups is 2. The zero-order valence-corrected chi connectivity index (χ0v) is 20.5. The van der Waals surface area contributed by atoms with E-state index >= 15 is 0 Å². The maximum Gasteiger partial charge on any atom is 0.332 e. The molecule has 1 atom stereocenters. The van der Waals surface area contributed by atoms with E-state index in [1.54, 1.807) is 23.1 Å². The molecule has 0 N–H and O–H groups in total. The van der Waals surface area contributed by atoms with Crippen LogP contribution in [0.1, 0.15) is 25.3 Å². The molecule has 0 spiro atoms. The molecule has 154 valence electrons. The Morgan fingerprint density at radius 1 is 1.00 bits per heavy atom. The Morgan fingerprint density at radius 3 is 2.21 bits per heavy atom. The lowest BCUT2D eigenvalue weighted by atomic mass is 9.91. The van der Waals surface area contributed by atoms with Gasteiger partial charge in [-0.1, -0.05) is 67.2 Å². The van der Waals surface area contributed by atoms with Crippen LogP contribution in [0.25, 0.3) is 0 Å². The van der Waals surface area contributed by atoms with Gasteiger partial charge >= 0.3 is 6.03 Å². The summed E-state index contributed by atoms with van der Waals surface area (Å²) in [6.45, 7) is 2.32. The summed E-state index contributed by atoms with van der Waals surface area (Å²) in [6.07, 6.45) is 2.13. The number of imide groups is 1. The highest BCUT2D eigenvalue weighted by molar-refractivity contribution is 9.10. The average molecular weight is 563 g/mol. The van der Waals surface area contributed by atoms with Crippen LogP contribution in [0.2, 0.25) is 10.0 Å². The van der Waals surface area contributed by atoms with Gasteiger partial charge in [0.15, 0.2) is 0 Å². The van der Waals surface area contributed by atoms with Crippen LogP contribution in [0.15, 0.2) is 46.9 Å². The molecule has 1 saturated heterocycles. The molecule has 3 amide bonds. The molecule has 1 fully saturated rings. The number of carbonyl (C=O) groups excluding carboxylic acids is 2. The van der Waals surface area contributed by atoms with Crippen LogP contribution >= 0.6 is 55.1 Å². The van der Waals surface area contributed by atoms with Crippen molar-refractivity contribution in [3.05, 3.63) is 62.5 Å². The van der Waals surface area contributed by atoms with Crippen molar-refractivity contribution < 1.29 is 9.59 Å². The number of anilines is 1. The zero-order valence-electron chi connectivity index (χ0n) is 15.8. The van der Waals surface area contributed by atoms with Gasteiger partial charge in [-0.05, 0) is 55.7 Å². The monoisotopic (exact) mass is 560 g/mol. The van der Waals surface area contributed by atoms with Gasteiger partial charge in [0.05, 0.1) is 5.69 Å². The summed E-state index contributed by atoms with van der Waals surface area (Å²) in [5, 5.41) is 1.60. The summed E-state index contributed by atoms with van der Waals surface area (Å²) in [5.74, 6) is -0.275. The zero-order chi connectivity index (χ0) is 21.2. The van der Waals surface area contributed by atoms with Crippen molar-refractivity contribution in [1.29, 1.82) is 0 Å². The van der Waals surface area contributed by atoms with Gasteiger partial charge in [-0.3, -0.25) is 4.79 Å². The predicted octanol–water partition coefficient (Wildman–Crippen LogP) is 6.70. The summed E-state index contributed by atoms with van der Waals surface area (Å²) >= 11 is 19.1. The van der Waals surface area contributed by atoms with Crippen molar-refractivity contribution in [3.63, 3.8) is 0 Å². The molecular weight excluding hydrogens is 543 g/mol. The maximum atomic E-state index is 13.5. The van der Waals surface area contributed by atoms with Crippen molar-refractivity contribution in [1.82, 2.24) is 4.90 Å².